The number of rotatable bonds is 4. The first kappa shape index (κ1) is 13.5. The molecule has 18 heavy (non-hydrogen) atoms. The van der Waals surface area contributed by atoms with Crippen molar-refractivity contribution >= 4 is 27.5 Å². The molecular formula is C13H13BrClNO2. The van der Waals surface area contributed by atoms with Gasteiger partial charge in [0.2, 0.25) is 0 Å². The molecule has 0 amide bonds. The van der Waals surface area contributed by atoms with Crippen LogP contribution in [0, 0.1) is 6.92 Å². The number of ether oxygens (including phenoxy) is 1. The predicted octanol–water partition coefficient (Wildman–Crippen LogP) is 4.04. The second-order valence-corrected chi connectivity index (χ2v) is 5.15. The molecule has 0 aliphatic heterocycles. The van der Waals surface area contributed by atoms with E-state index in [9.17, 15) is 0 Å². The normalized spacial score (nSPS) is 10.7. The third-order valence-corrected chi connectivity index (χ3v) is 3.40. The summed E-state index contributed by atoms with van der Waals surface area (Å²) in [5, 5.41) is 0.666. The van der Waals surface area contributed by atoms with Gasteiger partial charge in [0.25, 0.3) is 0 Å². The van der Waals surface area contributed by atoms with Gasteiger partial charge >= 0.3 is 0 Å². The zero-order chi connectivity index (χ0) is 13.1. The lowest BCUT2D eigenvalue weighted by atomic mass is 10.2. The van der Waals surface area contributed by atoms with E-state index in [1.807, 2.05) is 19.1 Å². The van der Waals surface area contributed by atoms with Crippen molar-refractivity contribution in [1.82, 2.24) is 0 Å². The molecule has 0 atom stereocenters. The average molecular weight is 331 g/mol. The number of furan rings is 1. The van der Waals surface area contributed by atoms with Crippen LogP contribution in [0.2, 0.25) is 5.02 Å². The molecule has 0 aliphatic rings. The molecule has 0 unspecified atom stereocenters. The zero-order valence-corrected chi connectivity index (χ0v) is 12.2. The first-order valence-corrected chi connectivity index (χ1v) is 6.63. The van der Waals surface area contributed by atoms with E-state index in [0.717, 1.165) is 27.3 Å². The summed E-state index contributed by atoms with van der Waals surface area (Å²) < 4.78 is 12.0. The first-order valence-electron chi connectivity index (χ1n) is 5.46. The van der Waals surface area contributed by atoms with Gasteiger partial charge < -0.3 is 14.9 Å². The summed E-state index contributed by atoms with van der Waals surface area (Å²) in [5.41, 5.74) is 6.52. The Balaban J connectivity index is 2.08. The second-order valence-electron chi connectivity index (χ2n) is 3.86. The quantitative estimate of drug-likeness (QED) is 0.920. The van der Waals surface area contributed by atoms with Crippen molar-refractivity contribution in [2.45, 2.75) is 20.1 Å². The fraction of sp³-hybridized carbons (Fsp3) is 0.231. The van der Waals surface area contributed by atoms with Gasteiger partial charge in [0.15, 0.2) is 0 Å². The maximum absolute atomic E-state index is 5.87. The molecule has 2 N–H and O–H groups in total. The van der Waals surface area contributed by atoms with E-state index in [2.05, 4.69) is 15.9 Å². The van der Waals surface area contributed by atoms with Crippen LogP contribution >= 0.6 is 27.5 Å². The highest BCUT2D eigenvalue weighted by atomic mass is 79.9. The number of nitrogens with two attached hydrogens (primary N) is 1. The molecule has 0 bridgehead atoms. The van der Waals surface area contributed by atoms with Crippen LogP contribution < -0.4 is 10.5 Å². The molecule has 0 radical (unpaired) electrons. The molecule has 2 aromatic rings. The molecule has 0 aliphatic carbocycles. The Kier molecular flexibility index (Phi) is 4.32. The van der Waals surface area contributed by atoms with Gasteiger partial charge in [-0.3, -0.25) is 0 Å². The van der Waals surface area contributed by atoms with Gasteiger partial charge in [-0.05, 0) is 47.1 Å². The molecule has 5 heteroatoms. The minimum absolute atomic E-state index is 0.394. The highest BCUT2D eigenvalue weighted by molar-refractivity contribution is 9.10. The molecule has 1 aromatic heterocycles. The summed E-state index contributed by atoms with van der Waals surface area (Å²) in [6.45, 7) is 2.73. The largest absolute Gasteiger partial charge is 0.488 e. The van der Waals surface area contributed by atoms with Crippen molar-refractivity contribution in [2.75, 3.05) is 0 Å². The maximum Gasteiger partial charge on any atom is 0.134 e. The Labute approximate surface area is 119 Å². The lowest BCUT2D eigenvalue weighted by Crippen LogP contribution is -1.96. The van der Waals surface area contributed by atoms with Gasteiger partial charge in [-0.15, -0.1) is 0 Å². The minimum atomic E-state index is 0.394. The van der Waals surface area contributed by atoms with Crippen molar-refractivity contribution in [1.29, 1.82) is 0 Å². The average Bonchev–Trinajstić information content (AvgIpc) is 2.69. The van der Waals surface area contributed by atoms with Gasteiger partial charge in [-0.25, -0.2) is 0 Å². The van der Waals surface area contributed by atoms with Gasteiger partial charge in [-0.1, -0.05) is 11.6 Å². The van der Waals surface area contributed by atoms with Crippen molar-refractivity contribution in [3.8, 4) is 5.75 Å². The van der Waals surface area contributed by atoms with Crippen molar-refractivity contribution in [3.63, 3.8) is 0 Å². The summed E-state index contributed by atoms with van der Waals surface area (Å²) in [6, 6.07) is 7.32. The Morgan fingerprint density at radius 3 is 2.78 bits per heavy atom. The molecule has 1 heterocycles. The van der Waals surface area contributed by atoms with Gasteiger partial charge in [0.1, 0.15) is 23.9 Å². The fourth-order valence-corrected chi connectivity index (χ4v) is 2.38. The van der Waals surface area contributed by atoms with Crippen molar-refractivity contribution in [2.24, 2.45) is 5.73 Å². The Morgan fingerprint density at radius 1 is 1.39 bits per heavy atom. The van der Waals surface area contributed by atoms with Crippen LogP contribution in [-0.4, -0.2) is 0 Å². The Morgan fingerprint density at radius 2 is 2.17 bits per heavy atom. The highest BCUT2D eigenvalue weighted by Crippen LogP contribution is 2.29. The molecule has 0 saturated heterocycles. The van der Waals surface area contributed by atoms with E-state index in [1.54, 1.807) is 12.1 Å². The van der Waals surface area contributed by atoms with Gasteiger partial charge in [0.05, 0.1) is 11.0 Å². The fourth-order valence-electron chi connectivity index (χ4n) is 1.58. The summed E-state index contributed by atoms with van der Waals surface area (Å²) in [6.07, 6.45) is 0. The first-order chi connectivity index (χ1) is 8.60. The molecule has 3 nitrogen and oxygen atoms in total. The summed E-state index contributed by atoms with van der Waals surface area (Å²) in [4.78, 5) is 0. The molecule has 0 saturated carbocycles. The van der Waals surface area contributed by atoms with Crippen LogP contribution in [-0.2, 0) is 13.2 Å². The monoisotopic (exact) mass is 329 g/mol. The molecule has 1 aromatic carbocycles. The predicted molar refractivity (Wildman–Crippen MR) is 74.8 cm³/mol. The summed E-state index contributed by atoms with van der Waals surface area (Å²) in [5.74, 6) is 2.34. The van der Waals surface area contributed by atoms with E-state index in [-0.39, 0.29) is 0 Å². The highest BCUT2D eigenvalue weighted by Gasteiger charge is 2.08. The molecule has 0 spiro atoms. The second kappa shape index (κ2) is 5.78. The van der Waals surface area contributed by atoms with Crippen LogP contribution in [0.4, 0.5) is 0 Å². The van der Waals surface area contributed by atoms with Gasteiger partial charge in [-0.2, -0.15) is 0 Å². The van der Waals surface area contributed by atoms with Crippen LogP contribution in [0.3, 0.4) is 0 Å². The van der Waals surface area contributed by atoms with Gasteiger partial charge in [0, 0.05) is 10.6 Å². The SMILES string of the molecule is Cc1oc(CN)cc1COc1ccc(Cl)cc1Br. The molecule has 2 rings (SSSR count). The van der Waals surface area contributed by atoms with Crippen LogP contribution in [0.5, 0.6) is 5.75 Å². The van der Waals surface area contributed by atoms with E-state index in [0.29, 0.717) is 18.2 Å². The van der Waals surface area contributed by atoms with Crippen LogP contribution in [0.25, 0.3) is 0 Å². The van der Waals surface area contributed by atoms with E-state index >= 15 is 0 Å². The van der Waals surface area contributed by atoms with Crippen molar-refractivity contribution < 1.29 is 9.15 Å². The number of halogens is 2. The smallest absolute Gasteiger partial charge is 0.134 e. The third-order valence-electron chi connectivity index (χ3n) is 2.55. The Bertz CT molecular complexity index is 554. The van der Waals surface area contributed by atoms with Crippen molar-refractivity contribution in [3.05, 3.63) is 50.8 Å². The molecule has 96 valence electrons. The molecule has 0 fully saturated rings. The standard InChI is InChI=1S/C13H13BrClNO2/c1-8-9(4-11(6-16)18-8)7-17-13-3-2-10(15)5-12(13)14/h2-5H,6-7,16H2,1H3. The number of benzene rings is 1. The lowest BCUT2D eigenvalue weighted by molar-refractivity contribution is 0.301. The number of aryl methyl sites for hydroxylation is 1. The minimum Gasteiger partial charge on any atom is -0.488 e. The maximum atomic E-state index is 5.87. The van der Waals surface area contributed by atoms with E-state index in [1.165, 1.54) is 0 Å². The van der Waals surface area contributed by atoms with E-state index < -0.39 is 0 Å². The zero-order valence-electron chi connectivity index (χ0n) is 9.87. The summed E-state index contributed by atoms with van der Waals surface area (Å²) >= 11 is 9.27. The lowest BCUT2D eigenvalue weighted by Gasteiger charge is -2.07. The van der Waals surface area contributed by atoms with E-state index in [4.69, 9.17) is 26.5 Å². The van der Waals surface area contributed by atoms with Crippen LogP contribution in [0.1, 0.15) is 17.1 Å². The Hall–Kier alpha value is -0.970. The number of hydrogen-bond acceptors (Lipinski definition) is 3. The third kappa shape index (κ3) is 3.07. The molecular weight excluding hydrogens is 318 g/mol. The van der Waals surface area contributed by atoms with Crippen LogP contribution in [0.15, 0.2) is 33.2 Å². The topological polar surface area (TPSA) is 48.4 Å². The number of hydrogen-bond donors (Lipinski definition) is 1. The summed E-state index contributed by atoms with van der Waals surface area (Å²) in [7, 11) is 0.